The summed E-state index contributed by atoms with van der Waals surface area (Å²) in [6.45, 7) is 3.04. The van der Waals surface area contributed by atoms with Crippen molar-refractivity contribution < 1.29 is 22.3 Å². The number of halogens is 4. The minimum Gasteiger partial charge on any atom is -0.480 e. The number of piperidine rings is 1. The van der Waals surface area contributed by atoms with E-state index in [4.69, 9.17) is 15.3 Å². The first-order valence-corrected chi connectivity index (χ1v) is 10.9. The first-order chi connectivity index (χ1) is 16.2. The van der Waals surface area contributed by atoms with Crippen molar-refractivity contribution in [1.29, 1.82) is 15.8 Å². The van der Waals surface area contributed by atoms with E-state index in [1.165, 1.54) is 18.7 Å². The van der Waals surface area contributed by atoms with Crippen molar-refractivity contribution in [3.8, 4) is 18.2 Å². The Kier molecular flexibility index (Phi) is 4.78. The number of anilines is 1. The molecule has 5 rings (SSSR count). The average molecular weight is 466 g/mol. The number of rotatable bonds is 3. The Morgan fingerprint density at radius 3 is 2.00 bits per heavy atom. The third kappa shape index (κ3) is 2.88. The summed E-state index contributed by atoms with van der Waals surface area (Å²) in [6.07, 6.45) is 4.87. The highest BCUT2D eigenvalue weighted by Crippen LogP contribution is 2.60. The third-order valence-corrected chi connectivity index (χ3v) is 7.40. The summed E-state index contributed by atoms with van der Waals surface area (Å²) in [5, 5.41) is 27.8. The van der Waals surface area contributed by atoms with Gasteiger partial charge in [0.1, 0.15) is 35.1 Å². The minimum absolute atomic E-state index is 0.0672. The van der Waals surface area contributed by atoms with Crippen LogP contribution in [-0.4, -0.2) is 17.7 Å². The van der Waals surface area contributed by atoms with Gasteiger partial charge in [-0.3, -0.25) is 0 Å². The lowest BCUT2D eigenvalue weighted by Crippen LogP contribution is -2.21. The second-order valence-electron chi connectivity index (χ2n) is 9.51. The number of nitrogens with zero attached hydrogens (tertiary/aromatic N) is 4. The SMILES string of the molecule is CC1(C)OC(=C(C#N)C#N)C(C#N)=C1C=Cc1c(F)c(F)c(N2C3C4CCC(C4)C32)c(F)c1F. The van der Waals surface area contributed by atoms with Crippen LogP contribution in [-0.2, 0) is 4.74 Å². The van der Waals surface area contributed by atoms with Crippen LogP contribution in [0.4, 0.5) is 23.2 Å². The summed E-state index contributed by atoms with van der Waals surface area (Å²) in [6, 6.07) is 4.96. The fraction of sp³-hybridized carbons (Fsp3) is 0.400. The van der Waals surface area contributed by atoms with E-state index in [2.05, 4.69) is 0 Å². The molecule has 172 valence electrons. The van der Waals surface area contributed by atoms with Crippen LogP contribution in [0.3, 0.4) is 0 Å². The standard InChI is InChI=1S/C25H18F4N4O/c1-25(2)16(15(10-32)24(34-25)13(8-30)9-31)6-5-14-17(26)19(28)23(20(29)18(14)27)33-21-11-3-4-12(7-11)22(21)33/h5-6,11-12,21-22H,3-4,7H2,1-2H3. The van der Waals surface area contributed by atoms with Gasteiger partial charge in [0.05, 0.1) is 17.6 Å². The average Bonchev–Trinajstić information content (AvgIpc) is 3.09. The highest BCUT2D eigenvalue weighted by atomic mass is 19.2. The summed E-state index contributed by atoms with van der Waals surface area (Å²) in [4.78, 5) is 1.47. The normalized spacial score (nSPS) is 28.0. The Bertz CT molecular complexity index is 1290. The molecule has 4 aliphatic rings. The molecule has 1 aromatic rings. The minimum atomic E-state index is -1.52. The van der Waals surface area contributed by atoms with Gasteiger partial charge in [0.25, 0.3) is 0 Å². The molecule has 4 atom stereocenters. The van der Waals surface area contributed by atoms with Crippen molar-refractivity contribution in [1.82, 2.24) is 0 Å². The lowest BCUT2D eigenvalue weighted by molar-refractivity contribution is 0.0954. The van der Waals surface area contributed by atoms with E-state index < -0.39 is 45.7 Å². The molecule has 2 aliphatic heterocycles. The largest absolute Gasteiger partial charge is 0.480 e. The van der Waals surface area contributed by atoms with E-state index in [0.717, 1.165) is 31.4 Å². The maximum Gasteiger partial charge on any atom is 0.185 e. The molecule has 0 N–H and O–H groups in total. The Morgan fingerprint density at radius 1 is 0.941 bits per heavy atom. The van der Waals surface area contributed by atoms with Crippen LogP contribution >= 0.6 is 0 Å². The summed E-state index contributed by atoms with van der Waals surface area (Å²) >= 11 is 0. The van der Waals surface area contributed by atoms with Gasteiger partial charge in [-0.25, -0.2) is 17.6 Å². The zero-order valence-electron chi connectivity index (χ0n) is 18.3. The van der Waals surface area contributed by atoms with Crippen LogP contribution in [0.15, 0.2) is 28.6 Å². The molecule has 0 radical (unpaired) electrons. The Hall–Kier alpha value is -3.77. The van der Waals surface area contributed by atoms with Crippen molar-refractivity contribution in [3.05, 3.63) is 57.4 Å². The molecule has 4 unspecified atom stereocenters. The van der Waals surface area contributed by atoms with Crippen LogP contribution in [0.1, 0.15) is 38.7 Å². The molecule has 5 nitrogen and oxygen atoms in total. The molecule has 0 amide bonds. The molecule has 2 bridgehead atoms. The molecule has 2 aliphatic carbocycles. The predicted molar refractivity (Wildman–Crippen MR) is 112 cm³/mol. The molecular formula is C25H18F4N4O. The van der Waals surface area contributed by atoms with Gasteiger partial charge in [0.15, 0.2) is 34.6 Å². The molecule has 34 heavy (non-hydrogen) atoms. The number of hydrogen-bond acceptors (Lipinski definition) is 5. The Balaban J connectivity index is 1.56. The highest BCUT2D eigenvalue weighted by molar-refractivity contribution is 5.68. The van der Waals surface area contributed by atoms with Gasteiger partial charge < -0.3 is 9.64 Å². The van der Waals surface area contributed by atoms with E-state index in [1.54, 1.807) is 12.1 Å². The van der Waals surface area contributed by atoms with Crippen LogP contribution in [0, 0.1) is 69.1 Å². The molecule has 1 aromatic carbocycles. The molecule has 0 aromatic heterocycles. The van der Waals surface area contributed by atoms with E-state index in [-0.39, 0.29) is 29.0 Å². The van der Waals surface area contributed by atoms with E-state index >= 15 is 8.78 Å². The number of fused-ring (bicyclic) bond motifs is 5. The zero-order chi connectivity index (χ0) is 24.5. The summed E-state index contributed by atoms with van der Waals surface area (Å²) in [5.74, 6) is -5.59. The van der Waals surface area contributed by atoms with E-state index in [9.17, 15) is 14.0 Å². The van der Waals surface area contributed by atoms with Gasteiger partial charge in [-0.05, 0) is 51.0 Å². The summed E-state index contributed by atoms with van der Waals surface area (Å²) in [7, 11) is 0. The fourth-order valence-corrected chi connectivity index (χ4v) is 5.91. The lowest BCUT2D eigenvalue weighted by atomic mass is 9.94. The molecule has 2 saturated carbocycles. The van der Waals surface area contributed by atoms with Gasteiger partial charge in [-0.1, -0.05) is 6.08 Å². The first-order valence-electron chi connectivity index (χ1n) is 10.9. The van der Waals surface area contributed by atoms with Gasteiger partial charge in [-0.15, -0.1) is 0 Å². The quantitative estimate of drug-likeness (QED) is 0.266. The predicted octanol–water partition coefficient (Wildman–Crippen LogP) is 5.17. The summed E-state index contributed by atoms with van der Waals surface area (Å²) < 4.78 is 65.5. The summed E-state index contributed by atoms with van der Waals surface area (Å²) in [5.41, 5.74) is -3.33. The maximum atomic E-state index is 15.0. The number of hydrogen-bond donors (Lipinski definition) is 0. The molecule has 9 heteroatoms. The van der Waals surface area contributed by atoms with E-state index in [0.29, 0.717) is 11.8 Å². The van der Waals surface area contributed by atoms with Gasteiger partial charge in [0, 0.05) is 5.57 Å². The number of ether oxygens (including phenoxy) is 1. The fourth-order valence-electron chi connectivity index (χ4n) is 5.91. The van der Waals surface area contributed by atoms with Crippen molar-refractivity contribution in [2.45, 2.75) is 50.8 Å². The van der Waals surface area contributed by atoms with E-state index in [1.807, 2.05) is 6.07 Å². The van der Waals surface area contributed by atoms with Crippen molar-refractivity contribution in [2.24, 2.45) is 11.8 Å². The van der Waals surface area contributed by atoms with Crippen molar-refractivity contribution >= 4 is 11.8 Å². The first kappa shape index (κ1) is 22.0. The topological polar surface area (TPSA) is 83.6 Å². The molecule has 2 heterocycles. The molecule has 1 saturated heterocycles. The number of nitriles is 3. The highest BCUT2D eigenvalue weighted by Gasteiger charge is 2.65. The van der Waals surface area contributed by atoms with Gasteiger partial charge in [-0.2, -0.15) is 15.8 Å². The van der Waals surface area contributed by atoms with Crippen LogP contribution in [0.2, 0.25) is 0 Å². The second-order valence-corrected chi connectivity index (χ2v) is 9.51. The second kappa shape index (κ2) is 7.37. The smallest absolute Gasteiger partial charge is 0.185 e. The molecule has 3 fully saturated rings. The van der Waals surface area contributed by atoms with Gasteiger partial charge in [0.2, 0.25) is 0 Å². The maximum absolute atomic E-state index is 15.0. The molecule has 0 spiro atoms. The van der Waals surface area contributed by atoms with Crippen molar-refractivity contribution in [3.63, 3.8) is 0 Å². The van der Waals surface area contributed by atoms with Crippen LogP contribution in [0.5, 0.6) is 0 Å². The lowest BCUT2D eigenvalue weighted by Gasteiger charge is -2.20. The number of benzene rings is 1. The Labute approximate surface area is 193 Å². The number of allylic oxidation sites excluding steroid dienone is 2. The van der Waals surface area contributed by atoms with Crippen LogP contribution < -0.4 is 4.90 Å². The van der Waals surface area contributed by atoms with Gasteiger partial charge >= 0.3 is 0 Å². The Morgan fingerprint density at radius 2 is 1.50 bits per heavy atom. The molecular weight excluding hydrogens is 448 g/mol. The third-order valence-electron chi connectivity index (χ3n) is 7.40. The van der Waals surface area contributed by atoms with Crippen molar-refractivity contribution in [2.75, 3.05) is 4.90 Å². The zero-order valence-corrected chi connectivity index (χ0v) is 18.3. The monoisotopic (exact) mass is 466 g/mol. The van der Waals surface area contributed by atoms with Crippen LogP contribution in [0.25, 0.3) is 6.08 Å².